The number of hydrogen-bond donors (Lipinski definition) is 1. The van der Waals surface area contributed by atoms with Crippen molar-refractivity contribution in [3.05, 3.63) is 0 Å². The summed E-state index contributed by atoms with van der Waals surface area (Å²) in [4.78, 5) is 24.8. The molecule has 1 N–H and O–H groups in total. The molecule has 1 amide bonds. The second-order valence-corrected chi connectivity index (χ2v) is 4.41. The number of nitrogens with zero attached hydrogens (tertiary/aromatic N) is 1. The second kappa shape index (κ2) is 5.30. The van der Waals surface area contributed by atoms with Gasteiger partial charge in [-0.15, -0.1) is 0 Å². The molecule has 0 aromatic rings. The summed E-state index contributed by atoms with van der Waals surface area (Å²) < 4.78 is 4.89. The van der Waals surface area contributed by atoms with Crippen molar-refractivity contribution in [3.8, 4) is 0 Å². The molecule has 1 saturated carbocycles. The Morgan fingerprint density at radius 3 is 2.38 bits per heavy atom. The zero-order chi connectivity index (χ0) is 11.4. The van der Waals surface area contributed by atoms with Crippen molar-refractivity contribution in [1.29, 1.82) is 0 Å². The first-order valence-electron chi connectivity index (χ1n) is 5.98. The number of hydrogen-bond acceptors (Lipinski definition) is 4. The molecule has 0 bridgehead atoms. The standard InChI is InChI=1S/C11H18N2O3/c14-10(9-3-1-2-4-9)16-11(15)13-7-5-12-6-8-13/h9,12H,1-8H2. The summed E-state index contributed by atoms with van der Waals surface area (Å²) in [5.41, 5.74) is 0. The summed E-state index contributed by atoms with van der Waals surface area (Å²) in [7, 11) is 0. The first-order valence-corrected chi connectivity index (χ1v) is 5.98. The maximum atomic E-state index is 11.6. The first-order chi connectivity index (χ1) is 7.77. The van der Waals surface area contributed by atoms with Gasteiger partial charge in [0.15, 0.2) is 0 Å². The number of nitrogens with one attached hydrogen (secondary N) is 1. The van der Waals surface area contributed by atoms with Gasteiger partial charge in [0, 0.05) is 26.2 Å². The topological polar surface area (TPSA) is 58.6 Å². The van der Waals surface area contributed by atoms with E-state index in [9.17, 15) is 9.59 Å². The second-order valence-electron chi connectivity index (χ2n) is 4.41. The lowest BCUT2D eigenvalue weighted by Crippen LogP contribution is -2.47. The molecule has 5 heteroatoms. The number of ether oxygens (including phenoxy) is 1. The number of piperazine rings is 1. The van der Waals surface area contributed by atoms with Crippen LogP contribution in [-0.2, 0) is 9.53 Å². The van der Waals surface area contributed by atoms with E-state index in [1.807, 2.05) is 0 Å². The van der Waals surface area contributed by atoms with Gasteiger partial charge in [0.2, 0.25) is 0 Å². The maximum Gasteiger partial charge on any atom is 0.417 e. The van der Waals surface area contributed by atoms with Crippen molar-refractivity contribution in [2.45, 2.75) is 25.7 Å². The minimum Gasteiger partial charge on any atom is -0.376 e. The zero-order valence-electron chi connectivity index (χ0n) is 9.41. The third-order valence-electron chi connectivity index (χ3n) is 3.25. The van der Waals surface area contributed by atoms with Gasteiger partial charge >= 0.3 is 12.1 Å². The van der Waals surface area contributed by atoms with Gasteiger partial charge in [-0.2, -0.15) is 0 Å². The van der Waals surface area contributed by atoms with Crippen LogP contribution in [0.1, 0.15) is 25.7 Å². The molecule has 1 aliphatic carbocycles. The van der Waals surface area contributed by atoms with Crippen molar-refractivity contribution in [3.63, 3.8) is 0 Å². The van der Waals surface area contributed by atoms with Crippen LogP contribution in [0.3, 0.4) is 0 Å². The van der Waals surface area contributed by atoms with Crippen LogP contribution in [0.5, 0.6) is 0 Å². The largest absolute Gasteiger partial charge is 0.417 e. The monoisotopic (exact) mass is 226 g/mol. The molecule has 16 heavy (non-hydrogen) atoms. The van der Waals surface area contributed by atoms with Crippen molar-refractivity contribution < 1.29 is 14.3 Å². The van der Waals surface area contributed by atoms with Crippen molar-refractivity contribution in [1.82, 2.24) is 10.2 Å². The van der Waals surface area contributed by atoms with Crippen LogP contribution in [0.25, 0.3) is 0 Å². The number of carbonyl (C=O) groups excluding carboxylic acids is 2. The fraction of sp³-hybridized carbons (Fsp3) is 0.818. The fourth-order valence-electron chi connectivity index (χ4n) is 2.24. The molecule has 0 atom stereocenters. The molecule has 1 aliphatic heterocycles. The summed E-state index contributed by atoms with van der Waals surface area (Å²) in [6.07, 6.45) is 3.41. The average Bonchev–Trinajstić information content (AvgIpc) is 2.83. The Balaban J connectivity index is 1.79. The van der Waals surface area contributed by atoms with E-state index in [2.05, 4.69) is 5.32 Å². The van der Waals surface area contributed by atoms with Crippen molar-refractivity contribution in [2.75, 3.05) is 26.2 Å². The predicted octanol–water partition coefficient (Wildman–Crippen LogP) is 0.745. The molecule has 1 heterocycles. The Morgan fingerprint density at radius 1 is 1.12 bits per heavy atom. The molecule has 0 spiro atoms. The van der Waals surface area contributed by atoms with E-state index in [0.29, 0.717) is 13.1 Å². The molecule has 0 unspecified atom stereocenters. The summed E-state index contributed by atoms with van der Waals surface area (Å²) in [6, 6.07) is 0. The van der Waals surface area contributed by atoms with Gasteiger partial charge in [0.25, 0.3) is 0 Å². The summed E-state index contributed by atoms with van der Waals surface area (Å²) in [6.45, 7) is 2.78. The average molecular weight is 226 g/mol. The van der Waals surface area contributed by atoms with E-state index in [4.69, 9.17) is 4.74 Å². The smallest absolute Gasteiger partial charge is 0.376 e. The SMILES string of the molecule is O=C(OC(=O)N1CCNCC1)C1CCCC1. The Bertz CT molecular complexity index is 268. The number of esters is 1. The lowest BCUT2D eigenvalue weighted by Gasteiger charge is -2.26. The van der Waals surface area contributed by atoms with E-state index in [1.165, 1.54) is 0 Å². The van der Waals surface area contributed by atoms with Crippen LogP contribution >= 0.6 is 0 Å². The van der Waals surface area contributed by atoms with Crippen LogP contribution < -0.4 is 5.32 Å². The van der Waals surface area contributed by atoms with Crippen LogP contribution in [0.2, 0.25) is 0 Å². The molecule has 2 fully saturated rings. The van der Waals surface area contributed by atoms with E-state index < -0.39 is 6.09 Å². The van der Waals surface area contributed by atoms with E-state index in [0.717, 1.165) is 38.8 Å². The molecule has 0 radical (unpaired) electrons. The third kappa shape index (κ3) is 2.72. The van der Waals surface area contributed by atoms with E-state index in [1.54, 1.807) is 4.90 Å². The lowest BCUT2D eigenvalue weighted by atomic mass is 10.1. The minimum absolute atomic E-state index is 0.0492. The third-order valence-corrected chi connectivity index (χ3v) is 3.25. The van der Waals surface area contributed by atoms with Crippen LogP contribution in [0.4, 0.5) is 4.79 Å². The molecular formula is C11H18N2O3. The number of carbonyl (C=O) groups is 2. The van der Waals surface area contributed by atoms with Gasteiger partial charge in [-0.1, -0.05) is 12.8 Å². The minimum atomic E-state index is -0.474. The van der Waals surface area contributed by atoms with Gasteiger partial charge < -0.3 is 15.0 Å². The molecule has 2 aliphatic rings. The highest BCUT2D eigenvalue weighted by atomic mass is 16.6. The highest BCUT2D eigenvalue weighted by Crippen LogP contribution is 2.25. The van der Waals surface area contributed by atoms with Gasteiger partial charge in [-0.25, -0.2) is 4.79 Å². The van der Waals surface area contributed by atoms with Gasteiger partial charge in [-0.05, 0) is 12.8 Å². The van der Waals surface area contributed by atoms with Crippen LogP contribution in [-0.4, -0.2) is 43.1 Å². The maximum absolute atomic E-state index is 11.6. The number of rotatable bonds is 1. The Hall–Kier alpha value is -1.10. The molecule has 0 aromatic heterocycles. The zero-order valence-corrected chi connectivity index (χ0v) is 9.41. The molecule has 5 nitrogen and oxygen atoms in total. The summed E-state index contributed by atoms with van der Waals surface area (Å²) >= 11 is 0. The molecule has 2 rings (SSSR count). The van der Waals surface area contributed by atoms with Gasteiger partial charge in [-0.3, -0.25) is 4.79 Å². The summed E-state index contributed by atoms with van der Waals surface area (Å²) in [5, 5.41) is 3.14. The van der Waals surface area contributed by atoms with E-state index >= 15 is 0 Å². The molecular weight excluding hydrogens is 208 g/mol. The molecule has 0 aromatic carbocycles. The van der Waals surface area contributed by atoms with Crippen molar-refractivity contribution in [2.24, 2.45) is 5.92 Å². The highest BCUT2D eigenvalue weighted by Gasteiger charge is 2.28. The van der Waals surface area contributed by atoms with Crippen molar-refractivity contribution >= 4 is 12.1 Å². The van der Waals surface area contributed by atoms with Gasteiger partial charge in [0.05, 0.1) is 5.92 Å². The summed E-state index contributed by atoms with van der Waals surface area (Å²) in [5.74, 6) is -0.382. The Labute approximate surface area is 95.1 Å². The normalized spacial score (nSPS) is 22.1. The quantitative estimate of drug-likeness (QED) is 0.529. The Morgan fingerprint density at radius 2 is 1.75 bits per heavy atom. The highest BCUT2D eigenvalue weighted by molar-refractivity contribution is 5.86. The lowest BCUT2D eigenvalue weighted by molar-refractivity contribution is -0.142. The van der Waals surface area contributed by atoms with Crippen LogP contribution in [0.15, 0.2) is 0 Å². The first kappa shape index (κ1) is 11.4. The predicted molar refractivity (Wildman–Crippen MR) is 57.9 cm³/mol. The number of amides is 1. The van der Waals surface area contributed by atoms with Gasteiger partial charge in [0.1, 0.15) is 0 Å². The molecule has 90 valence electrons. The molecule has 1 saturated heterocycles. The Kier molecular flexibility index (Phi) is 3.77. The van der Waals surface area contributed by atoms with E-state index in [-0.39, 0.29) is 11.9 Å². The van der Waals surface area contributed by atoms with Crippen LogP contribution in [0, 0.1) is 5.92 Å². The fourth-order valence-corrected chi connectivity index (χ4v) is 2.24.